The molecular weight excluding hydrogens is 286 g/mol. The molecule has 0 bridgehead atoms. The summed E-state index contributed by atoms with van der Waals surface area (Å²) in [6.45, 7) is 3.86. The number of carboxylic acids is 1. The summed E-state index contributed by atoms with van der Waals surface area (Å²) in [4.78, 5) is 11.6. The fourth-order valence-corrected chi connectivity index (χ4v) is 4.70. The van der Waals surface area contributed by atoms with E-state index in [1.807, 2.05) is 13.8 Å². The van der Waals surface area contributed by atoms with Gasteiger partial charge in [-0.25, -0.2) is 8.42 Å². The highest BCUT2D eigenvalue weighted by atomic mass is 32.2. The van der Waals surface area contributed by atoms with Crippen LogP contribution in [0.25, 0.3) is 0 Å². The van der Waals surface area contributed by atoms with Crippen molar-refractivity contribution in [3.05, 3.63) is 0 Å². The minimum Gasteiger partial charge on any atom is -0.480 e. The van der Waals surface area contributed by atoms with Gasteiger partial charge in [0.1, 0.15) is 15.4 Å². The Kier molecular flexibility index (Phi) is 5.70. The number of aliphatic carboxylic acids is 1. The van der Waals surface area contributed by atoms with Crippen molar-refractivity contribution in [2.75, 3.05) is 23.5 Å². The van der Waals surface area contributed by atoms with Crippen LogP contribution in [0.3, 0.4) is 0 Å². The third kappa shape index (κ3) is 5.31. The van der Waals surface area contributed by atoms with Crippen LogP contribution in [0.5, 0.6) is 0 Å². The number of carboxylic acid groups (broad SMARTS) is 1. The summed E-state index contributed by atoms with van der Waals surface area (Å²) < 4.78 is 22.1. The molecule has 19 heavy (non-hydrogen) atoms. The minimum atomic E-state index is -2.98. The molecule has 1 saturated carbocycles. The Morgan fingerprint density at radius 1 is 1.47 bits per heavy atom. The zero-order chi connectivity index (χ0) is 14.7. The van der Waals surface area contributed by atoms with Gasteiger partial charge in [0.2, 0.25) is 0 Å². The third-order valence-electron chi connectivity index (χ3n) is 3.13. The maximum Gasteiger partial charge on any atom is 0.325 e. The van der Waals surface area contributed by atoms with Crippen molar-refractivity contribution in [2.24, 2.45) is 5.92 Å². The lowest BCUT2D eigenvalue weighted by molar-refractivity contribution is -0.145. The largest absolute Gasteiger partial charge is 0.480 e. The van der Waals surface area contributed by atoms with Crippen LogP contribution in [0, 0.1) is 5.92 Å². The van der Waals surface area contributed by atoms with Crippen molar-refractivity contribution in [3.63, 3.8) is 0 Å². The molecule has 5 nitrogen and oxygen atoms in total. The number of nitrogens with one attached hydrogen (secondary N) is 1. The summed E-state index contributed by atoms with van der Waals surface area (Å²) in [7, 11) is -2.98. The Morgan fingerprint density at radius 3 is 2.42 bits per heavy atom. The molecule has 0 saturated heterocycles. The van der Waals surface area contributed by atoms with Crippen LogP contribution in [0.15, 0.2) is 0 Å². The molecule has 0 aromatic carbocycles. The van der Waals surface area contributed by atoms with E-state index in [2.05, 4.69) is 5.32 Å². The van der Waals surface area contributed by atoms with Crippen LogP contribution < -0.4 is 5.32 Å². The topological polar surface area (TPSA) is 83.5 Å². The maximum absolute atomic E-state index is 11.6. The normalized spacial score (nSPS) is 19.4. The quantitative estimate of drug-likeness (QED) is 0.618. The summed E-state index contributed by atoms with van der Waals surface area (Å²) >= 11 is 1.40. The Labute approximate surface area is 119 Å². The van der Waals surface area contributed by atoms with Gasteiger partial charge in [0.15, 0.2) is 0 Å². The second-order valence-electron chi connectivity index (χ2n) is 5.53. The van der Waals surface area contributed by atoms with E-state index >= 15 is 0 Å². The predicted molar refractivity (Wildman–Crippen MR) is 78.4 cm³/mol. The molecule has 1 aliphatic carbocycles. The molecule has 1 fully saturated rings. The van der Waals surface area contributed by atoms with Crippen molar-refractivity contribution < 1.29 is 18.3 Å². The molecule has 0 aromatic rings. The number of hydrogen-bond acceptors (Lipinski definition) is 5. The molecule has 0 aliphatic heterocycles. The minimum absolute atomic E-state index is 0.0900. The van der Waals surface area contributed by atoms with Crippen LogP contribution in [0.2, 0.25) is 0 Å². The molecule has 112 valence electrons. The number of sulfone groups is 1. The zero-order valence-electron chi connectivity index (χ0n) is 11.7. The smallest absolute Gasteiger partial charge is 0.325 e. The van der Waals surface area contributed by atoms with Gasteiger partial charge in [0.05, 0.1) is 5.75 Å². The summed E-state index contributed by atoms with van der Waals surface area (Å²) in [6.07, 6.45) is 3.06. The maximum atomic E-state index is 11.6. The highest BCUT2D eigenvalue weighted by Crippen LogP contribution is 2.42. The van der Waals surface area contributed by atoms with E-state index in [-0.39, 0.29) is 17.7 Å². The SMILES string of the molecule is CC(C)NC(CSCCS(C)(=O)=O)(C(=O)O)C1CC1. The first-order valence-corrected chi connectivity index (χ1v) is 9.65. The highest BCUT2D eigenvalue weighted by molar-refractivity contribution is 8.00. The Morgan fingerprint density at radius 2 is 2.05 bits per heavy atom. The van der Waals surface area contributed by atoms with Gasteiger partial charge < -0.3 is 5.11 Å². The molecule has 0 heterocycles. The molecule has 0 radical (unpaired) electrons. The predicted octanol–water partition coefficient (Wildman–Crippen LogP) is 0.996. The molecule has 0 aromatic heterocycles. The number of hydrogen-bond donors (Lipinski definition) is 2. The summed E-state index contributed by atoms with van der Waals surface area (Å²) in [5.41, 5.74) is -0.906. The molecule has 1 atom stereocenters. The molecule has 1 rings (SSSR count). The molecule has 0 spiro atoms. The standard InChI is InChI=1S/C12H23NO4S2/c1-9(2)13-12(11(14)15,10-4-5-10)8-18-6-7-19(3,16)17/h9-10,13H,4-8H2,1-3H3,(H,14,15). The highest BCUT2D eigenvalue weighted by Gasteiger charge is 2.51. The monoisotopic (exact) mass is 309 g/mol. The number of thioether (sulfide) groups is 1. The van der Waals surface area contributed by atoms with Crippen molar-refractivity contribution in [2.45, 2.75) is 38.3 Å². The molecule has 1 unspecified atom stereocenters. The van der Waals surface area contributed by atoms with Crippen molar-refractivity contribution in [1.29, 1.82) is 0 Å². The lowest BCUT2D eigenvalue weighted by atomic mass is 9.94. The van der Waals surface area contributed by atoms with Crippen LogP contribution in [0.4, 0.5) is 0 Å². The van der Waals surface area contributed by atoms with Crippen LogP contribution in [-0.4, -0.2) is 54.6 Å². The van der Waals surface area contributed by atoms with Crippen LogP contribution >= 0.6 is 11.8 Å². The molecule has 7 heteroatoms. The lowest BCUT2D eigenvalue weighted by Crippen LogP contribution is -2.58. The van der Waals surface area contributed by atoms with E-state index in [0.717, 1.165) is 12.8 Å². The van der Waals surface area contributed by atoms with Gasteiger partial charge in [-0.1, -0.05) is 0 Å². The third-order valence-corrected chi connectivity index (χ3v) is 5.49. The van der Waals surface area contributed by atoms with Gasteiger partial charge in [-0.15, -0.1) is 0 Å². The fourth-order valence-electron chi connectivity index (χ4n) is 2.11. The Balaban J connectivity index is 2.61. The molecule has 2 N–H and O–H groups in total. The van der Waals surface area contributed by atoms with E-state index in [9.17, 15) is 18.3 Å². The Bertz CT molecular complexity index is 417. The molecular formula is C12H23NO4S2. The van der Waals surface area contributed by atoms with Gasteiger partial charge >= 0.3 is 5.97 Å². The van der Waals surface area contributed by atoms with Crippen molar-refractivity contribution in [3.8, 4) is 0 Å². The van der Waals surface area contributed by atoms with Gasteiger partial charge in [-0.05, 0) is 32.6 Å². The Hall–Kier alpha value is -0.270. The van der Waals surface area contributed by atoms with Crippen molar-refractivity contribution >= 4 is 27.6 Å². The second-order valence-corrected chi connectivity index (χ2v) is 8.90. The molecule has 0 amide bonds. The zero-order valence-corrected chi connectivity index (χ0v) is 13.3. The summed E-state index contributed by atoms with van der Waals surface area (Å²) in [5.74, 6) is 0.300. The van der Waals surface area contributed by atoms with Gasteiger partial charge in [0.25, 0.3) is 0 Å². The number of rotatable bonds is 9. The number of carbonyl (C=O) groups is 1. The van der Waals surface area contributed by atoms with Crippen LogP contribution in [-0.2, 0) is 14.6 Å². The average Bonchev–Trinajstić information content (AvgIpc) is 3.03. The summed E-state index contributed by atoms with van der Waals surface area (Å²) in [5, 5.41) is 12.7. The van der Waals surface area contributed by atoms with Gasteiger partial charge in [-0.3, -0.25) is 10.1 Å². The summed E-state index contributed by atoms with van der Waals surface area (Å²) in [6, 6.07) is 0.0900. The van der Waals surface area contributed by atoms with E-state index in [4.69, 9.17) is 0 Å². The average molecular weight is 309 g/mol. The van der Waals surface area contributed by atoms with Gasteiger partial charge in [0, 0.05) is 23.8 Å². The fraction of sp³-hybridized carbons (Fsp3) is 0.917. The first kappa shape index (κ1) is 16.8. The lowest BCUT2D eigenvalue weighted by Gasteiger charge is -2.32. The second kappa shape index (κ2) is 6.45. The van der Waals surface area contributed by atoms with E-state index in [1.54, 1.807) is 0 Å². The first-order valence-electron chi connectivity index (χ1n) is 6.44. The molecule has 1 aliphatic rings. The van der Waals surface area contributed by atoms with E-state index in [0.29, 0.717) is 11.5 Å². The first-order chi connectivity index (χ1) is 8.67. The van der Waals surface area contributed by atoms with Gasteiger partial charge in [-0.2, -0.15) is 11.8 Å². The van der Waals surface area contributed by atoms with Crippen LogP contribution in [0.1, 0.15) is 26.7 Å². The van der Waals surface area contributed by atoms with Crippen molar-refractivity contribution in [1.82, 2.24) is 5.32 Å². The van der Waals surface area contributed by atoms with E-state index < -0.39 is 21.3 Å². The van der Waals surface area contributed by atoms with E-state index in [1.165, 1.54) is 18.0 Å².